The first-order valence-corrected chi connectivity index (χ1v) is 9.74. The van der Waals surface area contributed by atoms with Crippen molar-refractivity contribution >= 4 is 28.9 Å². The van der Waals surface area contributed by atoms with Crippen LogP contribution in [0.2, 0.25) is 0 Å². The van der Waals surface area contributed by atoms with Gasteiger partial charge in [-0.25, -0.2) is 9.96 Å². The molecule has 2 amide bonds. The first-order chi connectivity index (χ1) is 15.1. The number of nitrogens with zero attached hydrogens (tertiary/aromatic N) is 3. The highest BCUT2D eigenvalue weighted by molar-refractivity contribution is 6.23. The maximum absolute atomic E-state index is 13.4. The predicted octanol–water partition coefficient (Wildman–Crippen LogP) is 3.65. The third kappa shape index (κ3) is 3.04. The van der Waals surface area contributed by atoms with Crippen molar-refractivity contribution in [3.8, 4) is 0 Å². The molecule has 0 saturated carbocycles. The van der Waals surface area contributed by atoms with Crippen LogP contribution in [-0.4, -0.2) is 22.8 Å². The van der Waals surface area contributed by atoms with Gasteiger partial charge in [0, 0.05) is 12.1 Å². The van der Waals surface area contributed by atoms with E-state index < -0.39 is 28.9 Å². The maximum Gasteiger partial charge on any atom is 0.271 e. The number of hydroxylamine groups is 1. The molecule has 2 heterocycles. The number of para-hydroxylation sites is 1. The highest BCUT2D eigenvalue weighted by Crippen LogP contribution is 2.47. The summed E-state index contributed by atoms with van der Waals surface area (Å²) in [4.78, 5) is 44.5. The molecule has 3 atom stereocenters. The van der Waals surface area contributed by atoms with Crippen molar-refractivity contribution in [2.75, 3.05) is 9.96 Å². The highest BCUT2D eigenvalue weighted by atomic mass is 16.7. The predicted molar refractivity (Wildman–Crippen MR) is 112 cm³/mol. The number of anilines is 2. The Morgan fingerprint density at radius 2 is 1.45 bits per heavy atom. The van der Waals surface area contributed by atoms with Crippen LogP contribution in [0.4, 0.5) is 17.1 Å². The van der Waals surface area contributed by atoms with Gasteiger partial charge in [-0.05, 0) is 23.8 Å². The van der Waals surface area contributed by atoms with E-state index in [-0.39, 0.29) is 11.6 Å². The van der Waals surface area contributed by atoms with Gasteiger partial charge in [0.05, 0.1) is 22.3 Å². The lowest BCUT2D eigenvalue weighted by Crippen LogP contribution is -2.37. The molecular weight excluding hydrogens is 398 g/mol. The largest absolute Gasteiger partial charge is 0.273 e. The molecule has 2 fully saturated rings. The third-order valence-electron chi connectivity index (χ3n) is 5.57. The Balaban J connectivity index is 1.59. The SMILES string of the molecule is O=C1[C@H]2[C@@H](c3ccccc3)N(c3cccc([N+](=O)[O-])c3)O[C@H]2C(=O)N1c1ccccc1. The highest BCUT2D eigenvalue weighted by Gasteiger charge is 2.60. The molecule has 0 N–H and O–H groups in total. The molecule has 2 aliphatic rings. The fraction of sp³-hybridized carbons (Fsp3) is 0.130. The molecule has 2 saturated heterocycles. The molecule has 0 aromatic heterocycles. The summed E-state index contributed by atoms with van der Waals surface area (Å²) in [6, 6.07) is 23.3. The summed E-state index contributed by atoms with van der Waals surface area (Å²) in [5, 5.41) is 12.7. The average molecular weight is 415 g/mol. The fourth-order valence-corrected chi connectivity index (χ4v) is 4.20. The van der Waals surface area contributed by atoms with Crippen LogP contribution in [0.15, 0.2) is 84.9 Å². The molecule has 0 spiro atoms. The van der Waals surface area contributed by atoms with Crippen LogP contribution in [0, 0.1) is 16.0 Å². The molecule has 2 aliphatic heterocycles. The van der Waals surface area contributed by atoms with E-state index in [4.69, 9.17) is 4.84 Å². The second kappa shape index (κ2) is 7.33. The zero-order valence-corrected chi connectivity index (χ0v) is 16.2. The minimum Gasteiger partial charge on any atom is -0.273 e. The molecule has 0 radical (unpaired) electrons. The van der Waals surface area contributed by atoms with Crippen LogP contribution >= 0.6 is 0 Å². The lowest BCUT2D eigenvalue weighted by atomic mass is 9.90. The first kappa shape index (κ1) is 19.0. The van der Waals surface area contributed by atoms with E-state index >= 15 is 0 Å². The van der Waals surface area contributed by atoms with Gasteiger partial charge in [-0.3, -0.25) is 24.5 Å². The molecule has 5 rings (SSSR count). The molecule has 3 aromatic carbocycles. The van der Waals surface area contributed by atoms with Crippen molar-refractivity contribution in [1.82, 2.24) is 0 Å². The number of imide groups is 1. The summed E-state index contributed by atoms with van der Waals surface area (Å²) in [6.45, 7) is 0. The molecule has 0 aliphatic carbocycles. The minimum atomic E-state index is -1.02. The molecule has 0 unspecified atom stereocenters. The molecule has 8 nitrogen and oxygen atoms in total. The lowest BCUT2D eigenvalue weighted by molar-refractivity contribution is -0.384. The molecule has 31 heavy (non-hydrogen) atoms. The number of carbonyl (C=O) groups is 2. The Hall–Kier alpha value is -4.04. The minimum absolute atomic E-state index is 0.103. The van der Waals surface area contributed by atoms with Crippen molar-refractivity contribution in [1.29, 1.82) is 0 Å². The van der Waals surface area contributed by atoms with Gasteiger partial charge in [-0.15, -0.1) is 0 Å². The normalized spacial score (nSPS) is 22.6. The number of hydrogen-bond donors (Lipinski definition) is 0. The van der Waals surface area contributed by atoms with E-state index in [0.717, 1.165) is 10.5 Å². The average Bonchev–Trinajstić information content (AvgIpc) is 3.31. The summed E-state index contributed by atoms with van der Waals surface area (Å²) >= 11 is 0. The Kier molecular flexibility index (Phi) is 4.48. The van der Waals surface area contributed by atoms with E-state index in [1.165, 1.54) is 17.2 Å². The van der Waals surface area contributed by atoms with Gasteiger partial charge < -0.3 is 0 Å². The van der Waals surface area contributed by atoms with E-state index in [9.17, 15) is 19.7 Å². The number of nitro groups is 1. The van der Waals surface area contributed by atoms with Crippen molar-refractivity contribution in [3.05, 3.63) is 101 Å². The van der Waals surface area contributed by atoms with Crippen LogP contribution in [0.1, 0.15) is 11.6 Å². The van der Waals surface area contributed by atoms with Crippen LogP contribution < -0.4 is 9.96 Å². The number of benzene rings is 3. The summed E-state index contributed by atoms with van der Waals surface area (Å²) in [7, 11) is 0. The zero-order valence-electron chi connectivity index (χ0n) is 16.2. The molecular formula is C23H17N3O5. The van der Waals surface area contributed by atoms with Gasteiger partial charge in [0.25, 0.3) is 11.6 Å². The molecule has 154 valence electrons. The number of amides is 2. The number of rotatable bonds is 4. The van der Waals surface area contributed by atoms with Crippen LogP contribution in [0.25, 0.3) is 0 Å². The second-order valence-corrected chi connectivity index (χ2v) is 7.36. The summed E-state index contributed by atoms with van der Waals surface area (Å²) in [5.41, 5.74) is 1.57. The van der Waals surface area contributed by atoms with Crippen LogP contribution in [0.5, 0.6) is 0 Å². The molecule has 0 bridgehead atoms. The van der Waals surface area contributed by atoms with Gasteiger partial charge in [0.1, 0.15) is 5.92 Å². The van der Waals surface area contributed by atoms with Crippen LogP contribution in [0.3, 0.4) is 0 Å². The van der Waals surface area contributed by atoms with E-state index in [1.54, 1.807) is 36.4 Å². The van der Waals surface area contributed by atoms with Gasteiger partial charge in [0.15, 0.2) is 6.10 Å². The van der Waals surface area contributed by atoms with Crippen molar-refractivity contribution in [3.63, 3.8) is 0 Å². The Labute approximate surface area is 177 Å². The van der Waals surface area contributed by atoms with E-state index in [2.05, 4.69) is 0 Å². The molecule has 8 heteroatoms. The van der Waals surface area contributed by atoms with Gasteiger partial charge in [-0.2, -0.15) is 0 Å². The van der Waals surface area contributed by atoms with E-state index in [1.807, 2.05) is 36.4 Å². The number of non-ortho nitro benzene ring substituents is 1. The number of nitro benzene ring substituents is 1. The fourth-order valence-electron chi connectivity index (χ4n) is 4.20. The zero-order chi connectivity index (χ0) is 21.5. The number of fused-ring (bicyclic) bond motifs is 1. The van der Waals surface area contributed by atoms with Gasteiger partial charge in [0.2, 0.25) is 5.91 Å². The number of hydrogen-bond acceptors (Lipinski definition) is 6. The third-order valence-corrected chi connectivity index (χ3v) is 5.57. The van der Waals surface area contributed by atoms with E-state index in [0.29, 0.717) is 11.4 Å². The Morgan fingerprint density at radius 3 is 2.13 bits per heavy atom. The van der Waals surface area contributed by atoms with Crippen molar-refractivity contribution < 1.29 is 19.3 Å². The van der Waals surface area contributed by atoms with Crippen molar-refractivity contribution in [2.24, 2.45) is 5.92 Å². The standard InChI is InChI=1S/C23H17N3O5/c27-22-19-20(15-8-3-1-4-9-15)25(17-12-7-13-18(14-17)26(29)30)31-21(19)23(28)24(22)16-10-5-2-6-11-16/h1-14,19-21H/t19-,20+,21+/m0/s1. The summed E-state index contributed by atoms with van der Waals surface area (Å²) < 4.78 is 0. The Morgan fingerprint density at radius 1 is 0.806 bits per heavy atom. The first-order valence-electron chi connectivity index (χ1n) is 9.74. The van der Waals surface area contributed by atoms with Crippen LogP contribution in [-0.2, 0) is 14.4 Å². The Bertz CT molecular complexity index is 1170. The monoisotopic (exact) mass is 415 g/mol. The summed E-state index contributed by atoms with van der Waals surface area (Å²) in [6.07, 6.45) is -1.02. The van der Waals surface area contributed by atoms with Crippen molar-refractivity contribution in [2.45, 2.75) is 12.1 Å². The summed E-state index contributed by atoms with van der Waals surface area (Å²) in [5.74, 6) is -1.59. The number of carbonyl (C=O) groups excluding carboxylic acids is 2. The lowest BCUT2D eigenvalue weighted by Gasteiger charge is -2.28. The second-order valence-electron chi connectivity index (χ2n) is 7.36. The quantitative estimate of drug-likeness (QED) is 0.367. The van der Waals surface area contributed by atoms with Gasteiger partial charge >= 0.3 is 0 Å². The maximum atomic E-state index is 13.4. The molecule has 3 aromatic rings. The topological polar surface area (TPSA) is 93.0 Å². The van der Waals surface area contributed by atoms with Gasteiger partial charge in [-0.1, -0.05) is 54.6 Å². The smallest absolute Gasteiger partial charge is 0.271 e.